The van der Waals surface area contributed by atoms with Gasteiger partial charge in [-0.15, -0.1) is 0 Å². The lowest BCUT2D eigenvalue weighted by atomic mass is 10.1. The van der Waals surface area contributed by atoms with Gasteiger partial charge in [0.25, 0.3) is 0 Å². The van der Waals surface area contributed by atoms with Crippen LogP contribution in [0.15, 0.2) is 73.1 Å². The SMILES string of the molecule is Cn1ccc(COc2ccc(Oc3ccc(-c4ccn[nH]4)cc3)cc2)n1. The summed E-state index contributed by atoms with van der Waals surface area (Å²) < 4.78 is 13.4. The molecule has 2 aromatic heterocycles. The lowest BCUT2D eigenvalue weighted by Gasteiger charge is -2.08. The van der Waals surface area contributed by atoms with Crippen molar-refractivity contribution in [3.8, 4) is 28.5 Å². The number of rotatable bonds is 6. The van der Waals surface area contributed by atoms with Gasteiger partial charge in [0.05, 0.1) is 11.4 Å². The molecule has 4 rings (SSSR count). The first-order chi connectivity index (χ1) is 12.8. The number of ether oxygens (including phenoxy) is 2. The van der Waals surface area contributed by atoms with Crippen LogP contribution in [0, 0.1) is 0 Å². The van der Waals surface area contributed by atoms with Crippen LogP contribution in [-0.2, 0) is 13.7 Å². The standard InChI is InChI=1S/C20H18N4O2/c1-24-13-11-16(23-24)14-25-17-6-8-19(9-7-17)26-18-4-2-15(3-5-18)20-10-12-21-22-20/h2-13H,14H2,1H3,(H,21,22). The normalized spacial score (nSPS) is 10.7. The van der Waals surface area contributed by atoms with E-state index < -0.39 is 0 Å². The molecule has 130 valence electrons. The molecule has 4 aromatic rings. The Morgan fingerprint density at radius 2 is 1.58 bits per heavy atom. The van der Waals surface area contributed by atoms with E-state index in [4.69, 9.17) is 9.47 Å². The number of nitrogens with one attached hydrogen (secondary N) is 1. The van der Waals surface area contributed by atoms with Crippen molar-refractivity contribution in [3.05, 3.63) is 78.8 Å². The van der Waals surface area contributed by atoms with Crippen molar-refractivity contribution in [3.63, 3.8) is 0 Å². The summed E-state index contributed by atoms with van der Waals surface area (Å²) >= 11 is 0. The van der Waals surface area contributed by atoms with Crippen LogP contribution >= 0.6 is 0 Å². The monoisotopic (exact) mass is 346 g/mol. The maximum absolute atomic E-state index is 5.87. The van der Waals surface area contributed by atoms with Gasteiger partial charge in [0.2, 0.25) is 0 Å². The highest BCUT2D eigenvalue weighted by Gasteiger charge is 2.03. The number of H-pyrrole nitrogens is 1. The molecule has 0 saturated carbocycles. The molecular weight excluding hydrogens is 328 g/mol. The highest BCUT2D eigenvalue weighted by Crippen LogP contribution is 2.26. The molecule has 6 heteroatoms. The van der Waals surface area contributed by atoms with Gasteiger partial charge >= 0.3 is 0 Å². The molecule has 0 aliphatic carbocycles. The minimum absolute atomic E-state index is 0.441. The van der Waals surface area contributed by atoms with Crippen molar-refractivity contribution in [2.75, 3.05) is 0 Å². The summed E-state index contributed by atoms with van der Waals surface area (Å²) in [6, 6.07) is 19.3. The summed E-state index contributed by atoms with van der Waals surface area (Å²) in [6.07, 6.45) is 3.63. The van der Waals surface area contributed by atoms with Crippen LogP contribution in [0.4, 0.5) is 0 Å². The molecular formula is C20H18N4O2. The molecule has 0 radical (unpaired) electrons. The van der Waals surface area contributed by atoms with Gasteiger partial charge in [0.1, 0.15) is 23.9 Å². The lowest BCUT2D eigenvalue weighted by Crippen LogP contribution is -1.97. The minimum Gasteiger partial charge on any atom is -0.487 e. The minimum atomic E-state index is 0.441. The summed E-state index contributed by atoms with van der Waals surface area (Å²) in [5.74, 6) is 2.30. The van der Waals surface area contributed by atoms with Crippen LogP contribution in [0.25, 0.3) is 11.3 Å². The van der Waals surface area contributed by atoms with Gasteiger partial charge in [-0.1, -0.05) is 0 Å². The van der Waals surface area contributed by atoms with Crippen molar-refractivity contribution < 1.29 is 9.47 Å². The molecule has 0 amide bonds. The van der Waals surface area contributed by atoms with Gasteiger partial charge in [-0.3, -0.25) is 9.78 Å². The summed E-state index contributed by atoms with van der Waals surface area (Å²) in [5.41, 5.74) is 2.93. The molecule has 0 saturated heterocycles. The van der Waals surface area contributed by atoms with Gasteiger partial charge in [0.15, 0.2) is 0 Å². The van der Waals surface area contributed by atoms with Crippen LogP contribution in [0.3, 0.4) is 0 Å². The molecule has 1 N–H and O–H groups in total. The van der Waals surface area contributed by atoms with Crippen LogP contribution < -0.4 is 9.47 Å². The van der Waals surface area contributed by atoms with E-state index >= 15 is 0 Å². The molecule has 0 atom stereocenters. The average molecular weight is 346 g/mol. The van der Waals surface area contributed by atoms with Crippen molar-refractivity contribution >= 4 is 0 Å². The second-order valence-corrected chi connectivity index (χ2v) is 5.84. The molecule has 2 aromatic carbocycles. The Balaban J connectivity index is 1.36. The van der Waals surface area contributed by atoms with E-state index in [-0.39, 0.29) is 0 Å². The predicted molar refractivity (Wildman–Crippen MR) is 98.1 cm³/mol. The second kappa shape index (κ2) is 7.14. The molecule has 0 fully saturated rings. The number of nitrogens with zero attached hydrogens (tertiary/aromatic N) is 3. The number of aromatic amines is 1. The largest absolute Gasteiger partial charge is 0.487 e. The number of benzene rings is 2. The quantitative estimate of drug-likeness (QED) is 0.569. The zero-order valence-corrected chi connectivity index (χ0v) is 14.3. The van der Waals surface area contributed by atoms with E-state index in [0.717, 1.165) is 34.2 Å². The van der Waals surface area contributed by atoms with Crippen molar-refractivity contribution in [1.82, 2.24) is 20.0 Å². The van der Waals surface area contributed by atoms with Gasteiger partial charge in [0, 0.05) is 19.4 Å². The average Bonchev–Trinajstić information content (AvgIpc) is 3.34. The first-order valence-corrected chi connectivity index (χ1v) is 8.25. The Morgan fingerprint density at radius 3 is 2.19 bits per heavy atom. The Kier molecular flexibility index (Phi) is 4.38. The smallest absolute Gasteiger partial charge is 0.132 e. The van der Waals surface area contributed by atoms with Crippen LogP contribution in [-0.4, -0.2) is 20.0 Å². The summed E-state index contributed by atoms with van der Waals surface area (Å²) in [7, 11) is 1.89. The summed E-state index contributed by atoms with van der Waals surface area (Å²) in [5, 5.41) is 11.2. The Hall–Kier alpha value is -3.54. The molecule has 2 heterocycles. The van der Waals surface area contributed by atoms with E-state index in [1.54, 1.807) is 10.9 Å². The fourth-order valence-electron chi connectivity index (χ4n) is 2.56. The van der Waals surface area contributed by atoms with Crippen LogP contribution in [0.1, 0.15) is 5.69 Å². The van der Waals surface area contributed by atoms with Gasteiger partial charge in [-0.05, 0) is 66.2 Å². The summed E-state index contributed by atoms with van der Waals surface area (Å²) in [6.45, 7) is 0.441. The van der Waals surface area contributed by atoms with E-state index in [1.807, 2.05) is 73.9 Å². The molecule has 0 aliphatic heterocycles. The van der Waals surface area contributed by atoms with E-state index in [9.17, 15) is 0 Å². The van der Waals surface area contributed by atoms with Gasteiger partial charge < -0.3 is 9.47 Å². The number of aryl methyl sites for hydroxylation is 1. The zero-order valence-electron chi connectivity index (χ0n) is 14.3. The van der Waals surface area contributed by atoms with E-state index in [0.29, 0.717) is 6.61 Å². The molecule has 26 heavy (non-hydrogen) atoms. The van der Waals surface area contributed by atoms with Crippen molar-refractivity contribution in [1.29, 1.82) is 0 Å². The third-order valence-corrected chi connectivity index (χ3v) is 3.88. The van der Waals surface area contributed by atoms with Gasteiger partial charge in [-0.2, -0.15) is 10.2 Å². The number of aromatic nitrogens is 4. The fraction of sp³-hybridized carbons (Fsp3) is 0.100. The van der Waals surface area contributed by atoms with Crippen LogP contribution in [0.5, 0.6) is 17.2 Å². The number of hydrogen-bond acceptors (Lipinski definition) is 4. The lowest BCUT2D eigenvalue weighted by molar-refractivity contribution is 0.299. The predicted octanol–water partition coefficient (Wildman–Crippen LogP) is 4.18. The van der Waals surface area contributed by atoms with Crippen LogP contribution in [0.2, 0.25) is 0 Å². The number of hydrogen-bond donors (Lipinski definition) is 1. The fourth-order valence-corrected chi connectivity index (χ4v) is 2.56. The topological polar surface area (TPSA) is 65.0 Å². The van der Waals surface area contributed by atoms with Crippen molar-refractivity contribution in [2.24, 2.45) is 7.05 Å². The third-order valence-electron chi connectivity index (χ3n) is 3.88. The van der Waals surface area contributed by atoms with Gasteiger partial charge in [-0.25, -0.2) is 0 Å². The molecule has 6 nitrogen and oxygen atoms in total. The maximum atomic E-state index is 5.87. The summed E-state index contributed by atoms with van der Waals surface area (Å²) in [4.78, 5) is 0. The highest BCUT2D eigenvalue weighted by atomic mass is 16.5. The Bertz CT molecular complexity index is 958. The van der Waals surface area contributed by atoms with E-state index in [1.165, 1.54) is 0 Å². The van der Waals surface area contributed by atoms with Crippen molar-refractivity contribution in [2.45, 2.75) is 6.61 Å². The molecule has 0 aliphatic rings. The third kappa shape index (κ3) is 3.75. The maximum Gasteiger partial charge on any atom is 0.132 e. The molecule has 0 spiro atoms. The Morgan fingerprint density at radius 1 is 0.885 bits per heavy atom. The molecule has 0 unspecified atom stereocenters. The molecule has 0 bridgehead atoms. The Labute approximate surface area is 151 Å². The second-order valence-electron chi connectivity index (χ2n) is 5.84. The highest BCUT2D eigenvalue weighted by molar-refractivity contribution is 5.59. The zero-order chi connectivity index (χ0) is 17.8. The first-order valence-electron chi connectivity index (χ1n) is 8.25. The first kappa shape index (κ1) is 16.0. The van der Waals surface area contributed by atoms with E-state index in [2.05, 4.69) is 15.3 Å².